The van der Waals surface area contributed by atoms with Crippen LogP contribution in [0.15, 0.2) is 56.5 Å². The zero-order valence-electron chi connectivity index (χ0n) is 15.4. The van der Waals surface area contributed by atoms with E-state index in [1.807, 2.05) is 24.3 Å². The van der Waals surface area contributed by atoms with Crippen LogP contribution in [0.3, 0.4) is 0 Å². The Balaban J connectivity index is 2.03. The van der Waals surface area contributed by atoms with Crippen LogP contribution in [0.1, 0.15) is 6.92 Å². The summed E-state index contributed by atoms with van der Waals surface area (Å²) in [7, 11) is 1.60. The molecule has 1 N–H and O–H groups in total. The van der Waals surface area contributed by atoms with Crippen molar-refractivity contribution in [1.82, 2.24) is 4.57 Å². The average Bonchev–Trinajstić information content (AvgIpc) is 2.70. The van der Waals surface area contributed by atoms with Gasteiger partial charge in [-0.3, -0.25) is 14.2 Å². The maximum Gasteiger partial charge on any atom is 0.261 e. The van der Waals surface area contributed by atoms with E-state index in [2.05, 4.69) is 0 Å². The Morgan fingerprint density at radius 2 is 1.57 bits per heavy atom. The third-order valence-corrected chi connectivity index (χ3v) is 5.22. The molecule has 0 radical (unpaired) electrons. The second kappa shape index (κ2) is 5.81. The van der Waals surface area contributed by atoms with Gasteiger partial charge in [0.05, 0.1) is 19.8 Å². The van der Waals surface area contributed by atoms with Gasteiger partial charge in [0.1, 0.15) is 16.9 Å². The molecule has 0 aliphatic rings. The van der Waals surface area contributed by atoms with E-state index in [1.165, 1.54) is 0 Å². The molecule has 2 heterocycles. The van der Waals surface area contributed by atoms with Gasteiger partial charge >= 0.3 is 0 Å². The standard InChI is InChI=1S/C22H17NO5/c1-11(24)10-23-21(25)14-5-4-13-16-9-12(27-2)3-7-17(16)28-18-8-6-15(22(23)26)19(14)20(13)18/h3-9,11,24H,10H2,1-2H3. The minimum absolute atomic E-state index is 0.0430. The molecule has 0 spiro atoms. The number of aliphatic hydroxyl groups is 1. The summed E-state index contributed by atoms with van der Waals surface area (Å²) < 4.78 is 12.5. The Kier molecular flexibility index (Phi) is 3.48. The monoisotopic (exact) mass is 375 g/mol. The number of hydrogen-bond acceptors (Lipinski definition) is 5. The molecule has 0 saturated heterocycles. The molecule has 140 valence electrons. The first-order valence-corrected chi connectivity index (χ1v) is 9.00. The smallest absolute Gasteiger partial charge is 0.261 e. The van der Waals surface area contributed by atoms with E-state index in [1.54, 1.807) is 32.2 Å². The van der Waals surface area contributed by atoms with Crippen molar-refractivity contribution in [2.75, 3.05) is 7.11 Å². The summed E-state index contributed by atoms with van der Waals surface area (Å²) in [5.74, 6) is 0.696. The molecule has 3 aromatic carbocycles. The van der Waals surface area contributed by atoms with Gasteiger partial charge in [-0.1, -0.05) is 6.07 Å². The molecule has 5 aromatic rings. The number of rotatable bonds is 3. The van der Waals surface area contributed by atoms with E-state index in [4.69, 9.17) is 9.15 Å². The topological polar surface area (TPSA) is 81.7 Å². The number of methoxy groups -OCH3 is 1. The molecule has 6 heteroatoms. The lowest BCUT2D eigenvalue weighted by molar-refractivity contribution is 0.171. The number of benzene rings is 3. The summed E-state index contributed by atoms with van der Waals surface area (Å²) in [6, 6.07) is 12.6. The molecular weight excluding hydrogens is 358 g/mol. The first-order chi connectivity index (χ1) is 13.5. The van der Waals surface area contributed by atoms with Crippen molar-refractivity contribution in [2.45, 2.75) is 19.6 Å². The summed E-state index contributed by atoms with van der Waals surface area (Å²) in [6.45, 7) is 1.51. The van der Waals surface area contributed by atoms with Crippen LogP contribution in [0, 0.1) is 0 Å². The third-order valence-electron chi connectivity index (χ3n) is 5.22. The van der Waals surface area contributed by atoms with Crippen molar-refractivity contribution in [2.24, 2.45) is 0 Å². The Bertz CT molecular complexity index is 1460. The number of hydrogen-bond donors (Lipinski definition) is 1. The molecule has 0 fully saturated rings. The number of ether oxygens (including phenoxy) is 1. The van der Waals surface area contributed by atoms with E-state index in [0.29, 0.717) is 33.1 Å². The maximum absolute atomic E-state index is 13.0. The Morgan fingerprint density at radius 3 is 2.25 bits per heavy atom. The highest BCUT2D eigenvalue weighted by Gasteiger charge is 2.19. The van der Waals surface area contributed by atoms with E-state index in [9.17, 15) is 14.7 Å². The maximum atomic E-state index is 13.0. The zero-order chi connectivity index (χ0) is 19.6. The first-order valence-electron chi connectivity index (χ1n) is 9.00. The van der Waals surface area contributed by atoms with Gasteiger partial charge in [-0.15, -0.1) is 0 Å². The van der Waals surface area contributed by atoms with Crippen molar-refractivity contribution in [1.29, 1.82) is 0 Å². The van der Waals surface area contributed by atoms with Gasteiger partial charge in [0.25, 0.3) is 11.1 Å². The van der Waals surface area contributed by atoms with Crippen LogP contribution in [0.4, 0.5) is 0 Å². The Hall–Kier alpha value is -3.38. The molecule has 0 bridgehead atoms. The van der Waals surface area contributed by atoms with Gasteiger partial charge < -0.3 is 14.3 Å². The van der Waals surface area contributed by atoms with Crippen LogP contribution >= 0.6 is 0 Å². The normalized spacial score (nSPS) is 13.1. The van der Waals surface area contributed by atoms with Crippen molar-refractivity contribution in [3.05, 3.63) is 63.2 Å². The average molecular weight is 375 g/mol. The molecule has 0 aliphatic carbocycles. The fourth-order valence-corrected chi connectivity index (χ4v) is 4.00. The molecule has 0 amide bonds. The molecule has 2 aromatic heterocycles. The predicted molar refractivity (Wildman–Crippen MR) is 109 cm³/mol. The third kappa shape index (κ3) is 2.18. The number of pyridine rings is 1. The van der Waals surface area contributed by atoms with Gasteiger partial charge in [0.2, 0.25) is 0 Å². The highest BCUT2D eigenvalue weighted by molar-refractivity contribution is 6.26. The minimum Gasteiger partial charge on any atom is -0.497 e. The van der Waals surface area contributed by atoms with Crippen molar-refractivity contribution in [3.8, 4) is 5.75 Å². The van der Waals surface area contributed by atoms with Crippen LogP contribution < -0.4 is 15.9 Å². The van der Waals surface area contributed by atoms with E-state index >= 15 is 0 Å². The zero-order valence-corrected chi connectivity index (χ0v) is 15.4. The predicted octanol–water partition coefficient (Wildman–Crippen LogP) is 3.24. The molecule has 0 saturated carbocycles. The number of nitrogens with zero attached hydrogens (tertiary/aromatic N) is 1. The van der Waals surface area contributed by atoms with Gasteiger partial charge in [0, 0.05) is 26.9 Å². The van der Waals surface area contributed by atoms with E-state index in [0.717, 1.165) is 20.7 Å². The summed E-state index contributed by atoms with van der Waals surface area (Å²) >= 11 is 0. The van der Waals surface area contributed by atoms with Crippen molar-refractivity contribution in [3.63, 3.8) is 0 Å². The van der Waals surface area contributed by atoms with Gasteiger partial charge in [-0.05, 0) is 48.7 Å². The summed E-state index contributed by atoms with van der Waals surface area (Å²) in [5, 5.41) is 13.7. The lowest BCUT2D eigenvalue weighted by Gasteiger charge is -2.14. The van der Waals surface area contributed by atoms with Crippen LogP contribution in [0.2, 0.25) is 0 Å². The Morgan fingerprint density at radius 1 is 0.929 bits per heavy atom. The molecule has 0 aliphatic heterocycles. The molecule has 6 nitrogen and oxygen atoms in total. The summed E-state index contributed by atoms with van der Waals surface area (Å²) in [5.41, 5.74) is 0.496. The van der Waals surface area contributed by atoms with Crippen molar-refractivity contribution < 1.29 is 14.3 Å². The molecule has 5 rings (SSSR count). The number of fused-ring (bicyclic) bond motifs is 2. The number of aromatic nitrogens is 1. The quantitative estimate of drug-likeness (QED) is 0.387. The van der Waals surface area contributed by atoms with Crippen LogP contribution in [-0.2, 0) is 6.54 Å². The first kappa shape index (κ1) is 16.8. The van der Waals surface area contributed by atoms with Crippen molar-refractivity contribution >= 4 is 43.5 Å². The van der Waals surface area contributed by atoms with Gasteiger partial charge in [-0.2, -0.15) is 0 Å². The second-order valence-corrected chi connectivity index (χ2v) is 7.06. The summed E-state index contributed by atoms with van der Waals surface area (Å²) in [4.78, 5) is 25.9. The molecule has 1 unspecified atom stereocenters. The fraction of sp³-hybridized carbons (Fsp3) is 0.182. The molecule has 28 heavy (non-hydrogen) atoms. The van der Waals surface area contributed by atoms with Crippen LogP contribution in [0.5, 0.6) is 5.75 Å². The Labute approximate surface area is 158 Å². The van der Waals surface area contributed by atoms with Gasteiger partial charge in [0.15, 0.2) is 0 Å². The minimum atomic E-state index is -0.801. The highest BCUT2D eigenvalue weighted by atomic mass is 16.5. The highest BCUT2D eigenvalue weighted by Crippen LogP contribution is 2.37. The molecule has 1 atom stereocenters. The largest absolute Gasteiger partial charge is 0.497 e. The van der Waals surface area contributed by atoms with E-state index < -0.39 is 17.2 Å². The lowest BCUT2D eigenvalue weighted by Crippen LogP contribution is -2.36. The fourth-order valence-electron chi connectivity index (χ4n) is 4.00. The van der Waals surface area contributed by atoms with Crippen LogP contribution in [0.25, 0.3) is 43.5 Å². The second-order valence-electron chi connectivity index (χ2n) is 7.06. The van der Waals surface area contributed by atoms with Gasteiger partial charge in [-0.25, -0.2) is 0 Å². The SMILES string of the molecule is COc1ccc2oc3ccc4c(=O)n(CC(C)O)c(=O)c5ccc(c2c1)c3c45. The lowest BCUT2D eigenvalue weighted by atomic mass is 9.96. The molecular formula is C22H17NO5. The summed E-state index contributed by atoms with van der Waals surface area (Å²) in [6.07, 6.45) is -0.801. The van der Waals surface area contributed by atoms with Crippen LogP contribution in [-0.4, -0.2) is 22.9 Å². The number of aliphatic hydroxyl groups excluding tert-OH is 1. The van der Waals surface area contributed by atoms with E-state index in [-0.39, 0.29) is 6.54 Å².